The van der Waals surface area contributed by atoms with Gasteiger partial charge in [0.2, 0.25) is 0 Å². The van der Waals surface area contributed by atoms with Crippen molar-refractivity contribution >= 4 is 0 Å². The lowest BCUT2D eigenvalue weighted by Crippen LogP contribution is -2.39. The summed E-state index contributed by atoms with van der Waals surface area (Å²) >= 11 is 0. The molecule has 1 heterocycles. The van der Waals surface area contributed by atoms with E-state index in [1.54, 1.807) is 12.1 Å². The number of nitriles is 1. The SMILES string of the molecule is CCC1(CC)CCN(Cc2cc(F)cc(C#N)c2)CC1. The van der Waals surface area contributed by atoms with Crippen LogP contribution in [0, 0.1) is 22.6 Å². The first-order valence-electron chi connectivity index (χ1n) is 7.53. The lowest BCUT2D eigenvalue weighted by atomic mass is 9.74. The third-order valence-corrected chi connectivity index (χ3v) is 4.91. The van der Waals surface area contributed by atoms with E-state index in [4.69, 9.17) is 5.26 Å². The first kappa shape index (κ1) is 15.0. The second-order valence-electron chi connectivity index (χ2n) is 5.94. The summed E-state index contributed by atoms with van der Waals surface area (Å²) in [5.41, 5.74) is 1.83. The molecule has 1 aromatic rings. The third kappa shape index (κ3) is 3.37. The molecule has 1 aliphatic rings. The van der Waals surface area contributed by atoms with Crippen LogP contribution < -0.4 is 0 Å². The Labute approximate surface area is 121 Å². The van der Waals surface area contributed by atoms with Gasteiger partial charge >= 0.3 is 0 Å². The van der Waals surface area contributed by atoms with Gasteiger partial charge in [0, 0.05) is 6.54 Å². The van der Waals surface area contributed by atoms with Crippen molar-refractivity contribution in [2.24, 2.45) is 5.41 Å². The van der Waals surface area contributed by atoms with E-state index in [0.717, 1.165) is 25.2 Å². The van der Waals surface area contributed by atoms with Crippen LogP contribution >= 0.6 is 0 Å². The fourth-order valence-electron chi connectivity index (χ4n) is 3.21. The van der Waals surface area contributed by atoms with Crippen LogP contribution in [0.15, 0.2) is 18.2 Å². The zero-order valence-corrected chi connectivity index (χ0v) is 12.5. The molecule has 2 rings (SSSR count). The van der Waals surface area contributed by atoms with Crippen molar-refractivity contribution in [3.05, 3.63) is 35.1 Å². The molecule has 0 unspecified atom stereocenters. The van der Waals surface area contributed by atoms with E-state index in [9.17, 15) is 4.39 Å². The van der Waals surface area contributed by atoms with E-state index in [1.165, 1.54) is 31.7 Å². The average Bonchev–Trinajstić information content (AvgIpc) is 2.48. The van der Waals surface area contributed by atoms with Crippen molar-refractivity contribution < 1.29 is 4.39 Å². The molecule has 0 aliphatic carbocycles. The highest BCUT2D eigenvalue weighted by Crippen LogP contribution is 2.38. The zero-order chi connectivity index (χ0) is 14.6. The Balaban J connectivity index is 1.99. The lowest BCUT2D eigenvalue weighted by molar-refractivity contribution is 0.0908. The summed E-state index contributed by atoms with van der Waals surface area (Å²) < 4.78 is 13.4. The first-order valence-corrected chi connectivity index (χ1v) is 7.53. The fourth-order valence-corrected chi connectivity index (χ4v) is 3.21. The number of benzene rings is 1. The molecule has 1 aliphatic heterocycles. The van der Waals surface area contributed by atoms with Gasteiger partial charge in [-0.15, -0.1) is 0 Å². The van der Waals surface area contributed by atoms with Crippen molar-refractivity contribution in [3.8, 4) is 6.07 Å². The normalized spacial score (nSPS) is 18.7. The number of halogens is 1. The smallest absolute Gasteiger partial charge is 0.124 e. The van der Waals surface area contributed by atoms with Gasteiger partial charge in [-0.1, -0.05) is 26.7 Å². The van der Waals surface area contributed by atoms with E-state index in [2.05, 4.69) is 18.7 Å². The number of piperidine rings is 1. The number of likely N-dealkylation sites (tertiary alicyclic amines) is 1. The minimum absolute atomic E-state index is 0.312. The van der Waals surface area contributed by atoms with Gasteiger partial charge in [0.05, 0.1) is 11.6 Å². The van der Waals surface area contributed by atoms with Gasteiger partial charge in [0.15, 0.2) is 0 Å². The van der Waals surface area contributed by atoms with Gasteiger partial charge in [-0.25, -0.2) is 4.39 Å². The molecule has 2 nitrogen and oxygen atoms in total. The summed E-state index contributed by atoms with van der Waals surface area (Å²) in [4.78, 5) is 2.37. The molecule has 0 bridgehead atoms. The summed E-state index contributed by atoms with van der Waals surface area (Å²) in [6.45, 7) is 7.45. The van der Waals surface area contributed by atoms with Crippen LogP contribution in [-0.4, -0.2) is 18.0 Å². The summed E-state index contributed by atoms with van der Waals surface area (Å²) in [5.74, 6) is -0.312. The van der Waals surface area contributed by atoms with E-state index in [-0.39, 0.29) is 5.82 Å². The third-order valence-electron chi connectivity index (χ3n) is 4.91. The Morgan fingerprint density at radius 2 is 1.85 bits per heavy atom. The molecule has 0 spiro atoms. The molecule has 1 saturated heterocycles. The number of nitrogens with zero attached hydrogens (tertiary/aromatic N) is 2. The maximum Gasteiger partial charge on any atom is 0.124 e. The van der Waals surface area contributed by atoms with Gasteiger partial charge in [0.1, 0.15) is 5.82 Å². The van der Waals surface area contributed by atoms with Crippen molar-refractivity contribution in [1.82, 2.24) is 4.90 Å². The predicted molar refractivity (Wildman–Crippen MR) is 78.6 cm³/mol. The molecule has 0 radical (unpaired) electrons. The standard InChI is InChI=1S/C17H23FN2/c1-3-17(4-2)5-7-20(8-6-17)13-15-9-14(12-19)10-16(18)11-15/h9-11H,3-8,13H2,1-2H3. The summed E-state index contributed by atoms with van der Waals surface area (Å²) in [6.07, 6.45) is 4.94. The lowest BCUT2D eigenvalue weighted by Gasteiger charge is -2.41. The molecule has 0 atom stereocenters. The van der Waals surface area contributed by atoms with Crippen LogP contribution in [0.1, 0.15) is 50.7 Å². The second kappa shape index (κ2) is 6.37. The van der Waals surface area contributed by atoms with Crippen LogP contribution in [-0.2, 0) is 6.54 Å². The van der Waals surface area contributed by atoms with Crippen LogP contribution in [0.4, 0.5) is 4.39 Å². The molecular formula is C17H23FN2. The average molecular weight is 274 g/mol. The van der Waals surface area contributed by atoms with Crippen LogP contribution in [0.2, 0.25) is 0 Å². The summed E-state index contributed by atoms with van der Waals surface area (Å²) in [6, 6.07) is 6.65. The molecule has 1 aromatic carbocycles. The van der Waals surface area contributed by atoms with Crippen molar-refractivity contribution in [3.63, 3.8) is 0 Å². The largest absolute Gasteiger partial charge is 0.299 e. The predicted octanol–water partition coefficient (Wildman–Crippen LogP) is 4.10. The van der Waals surface area contributed by atoms with Gasteiger partial charge < -0.3 is 0 Å². The van der Waals surface area contributed by atoms with E-state index >= 15 is 0 Å². The molecule has 3 heteroatoms. The van der Waals surface area contributed by atoms with Crippen LogP contribution in [0.25, 0.3) is 0 Å². The molecule has 20 heavy (non-hydrogen) atoms. The second-order valence-corrected chi connectivity index (χ2v) is 5.94. The fraction of sp³-hybridized carbons (Fsp3) is 0.588. The number of rotatable bonds is 4. The molecule has 0 saturated carbocycles. The Kier molecular flexibility index (Phi) is 4.77. The molecule has 0 amide bonds. The summed E-state index contributed by atoms with van der Waals surface area (Å²) in [5, 5.41) is 8.89. The quantitative estimate of drug-likeness (QED) is 0.826. The topological polar surface area (TPSA) is 27.0 Å². The summed E-state index contributed by atoms with van der Waals surface area (Å²) in [7, 11) is 0. The first-order chi connectivity index (χ1) is 9.60. The van der Waals surface area contributed by atoms with E-state index < -0.39 is 0 Å². The van der Waals surface area contributed by atoms with Crippen molar-refractivity contribution in [2.75, 3.05) is 13.1 Å². The minimum Gasteiger partial charge on any atom is -0.299 e. The van der Waals surface area contributed by atoms with Crippen molar-refractivity contribution in [1.29, 1.82) is 5.26 Å². The molecular weight excluding hydrogens is 251 g/mol. The maximum absolute atomic E-state index is 13.4. The van der Waals surface area contributed by atoms with E-state index in [1.807, 2.05) is 6.07 Å². The highest BCUT2D eigenvalue weighted by Gasteiger charge is 2.30. The van der Waals surface area contributed by atoms with Crippen LogP contribution in [0.3, 0.4) is 0 Å². The van der Waals surface area contributed by atoms with Crippen LogP contribution in [0.5, 0.6) is 0 Å². The Bertz CT molecular complexity index is 490. The Hall–Kier alpha value is -1.40. The molecule has 0 aromatic heterocycles. The van der Waals surface area contributed by atoms with Gasteiger partial charge in [-0.3, -0.25) is 4.90 Å². The molecule has 1 fully saturated rings. The van der Waals surface area contributed by atoms with Crippen molar-refractivity contribution in [2.45, 2.75) is 46.1 Å². The van der Waals surface area contributed by atoms with Gasteiger partial charge in [-0.2, -0.15) is 5.26 Å². The van der Waals surface area contributed by atoms with E-state index in [0.29, 0.717) is 11.0 Å². The maximum atomic E-state index is 13.4. The monoisotopic (exact) mass is 274 g/mol. The molecule has 108 valence electrons. The highest BCUT2D eigenvalue weighted by atomic mass is 19.1. The minimum atomic E-state index is -0.312. The number of hydrogen-bond donors (Lipinski definition) is 0. The Morgan fingerprint density at radius 1 is 1.20 bits per heavy atom. The van der Waals surface area contributed by atoms with Gasteiger partial charge in [-0.05, 0) is 55.1 Å². The zero-order valence-electron chi connectivity index (χ0n) is 12.5. The molecule has 0 N–H and O–H groups in total. The number of hydrogen-bond acceptors (Lipinski definition) is 2. The highest BCUT2D eigenvalue weighted by molar-refractivity contribution is 5.33. The Morgan fingerprint density at radius 3 is 2.40 bits per heavy atom. The van der Waals surface area contributed by atoms with Gasteiger partial charge in [0.25, 0.3) is 0 Å².